The van der Waals surface area contributed by atoms with Gasteiger partial charge in [0.25, 0.3) is 0 Å². The van der Waals surface area contributed by atoms with Crippen molar-refractivity contribution in [2.75, 3.05) is 20.3 Å². The van der Waals surface area contributed by atoms with Crippen LogP contribution in [0.25, 0.3) is 11.8 Å². The number of carbonyl (C=O) groups is 2. The molecule has 2 N–H and O–H groups in total. The molecule has 0 radical (unpaired) electrons. The lowest BCUT2D eigenvalue weighted by Crippen LogP contribution is -2.26. The molecule has 186 valence electrons. The van der Waals surface area contributed by atoms with E-state index in [1.54, 1.807) is 19.5 Å². The van der Waals surface area contributed by atoms with Gasteiger partial charge in [-0.15, -0.1) is 0 Å². The highest BCUT2D eigenvalue weighted by molar-refractivity contribution is 5.91. The zero-order valence-electron chi connectivity index (χ0n) is 19.0. The van der Waals surface area contributed by atoms with E-state index in [-0.39, 0.29) is 5.91 Å². The third-order valence-corrected chi connectivity index (χ3v) is 4.28. The maximum absolute atomic E-state index is 12.0. The van der Waals surface area contributed by atoms with Gasteiger partial charge in [-0.2, -0.15) is 13.2 Å². The highest BCUT2D eigenvalue weighted by Gasteiger charge is 2.38. The number of rotatable bonds is 8. The number of alkyl halides is 3. The van der Waals surface area contributed by atoms with Gasteiger partial charge in [0.2, 0.25) is 5.91 Å². The predicted molar refractivity (Wildman–Crippen MR) is 123 cm³/mol. The van der Waals surface area contributed by atoms with Gasteiger partial charge < -0.3 is 24.5 Å². The van der Waals surface area contributed by atoms with Gasteiger partial charge in [0.15, 0.2) is 0 Å². The molecule has 8 nitrogen and oxygen atoms in total. The van der Waals surface area contributed by atoms with Crippen LogP contribution in [-0.4, -0.2) is 53.0 Å². The Hall–Kier alpha value is -4.28. The van der Waals surface area contributed by atoms with E-state index in [1.165, 1.54) is 6.08 Å². The lowest BCUT2D eigenvalue weighted by atomic mass is 10.1. The van der Waals surface area contributed by atoms with Crippen LogP contribution in [0, 0.1) is 6.92 Å². The van der Waals surface area contributed by atoms with Crippen LogP contribution < -0.4 is 14.8 Å². The van der Waals surface area contributed by atoms with Crippen molar-refractivity contribution in [3.8, 4) is 17.2 Å². The zero-order valence-corrected chi connectivity index (χ0v) is 19.0. The number of ether oxygens (including phenoxy) is 2. The summed E-state index contributed by atoms with van der Waals surface area (Å²) in [5.74, 6) is -1.44. The molecule has 0 fully saturated rings. The van der Waals surface area contributed by atoms with Gasteiger partial charge in [0.1, 0.15) is 18.1 Å². The number of carboxylic acids is 1. The average molecular weight is 491 g/mol. The van der Waals surface area contributed by atoms with Crippen molar-refractivity contribution >= 4 is 18.0 Å². The molecule has 0 aliphatic rings. The molecule has 11 heteroatoms. The van der Waals surface area contributed by atoms with Gasteiger partial charge in [0, 0.05) is 12.3 Å². The Kier molecular flexibility index (Phi) is 9.88. The van der Waals surface area contributed by atoms with Gasteiger partial charge in [-0.05, 0) is 42.8 Å². The Labute approximate surface area is 199 Å². The molecule has 2 aromatic carbocycles. The second kappa shape index (κ2) is 12.8. The molecule has 3 aromatic rings. The number of nitrogens with zero attached hydrogens (tertiary/aromatic N) is 2. The smallest absolute Gasteiger partial charge is 0.490 e. The van der Waals surface area contributed by atoms with Crippen molar-refractivity contribution in [2.45, 2.75) is 13.1 Å². The first-order valence-corrected chi connectivity index (χ1v) is 10.2. The van der Waals surface area contributed by atoms with E-state index in [2.05, 4.69) is 10.3 Å². The largest absolute Gasteiger partial charge is 0.495 e. The second-order valence-corrected chi connectivity index (χ2v) is 6.94. The number of hydrogen-bond donors (Lipinski definition) is 2. The van der Waals surface area contributed by atoms with Crippen LogP contribution in [-0.2, 0) is 9.59 Å². The maximum atomic E-state index is 12.0. The molecular formula is C24H24F3N3O5. The number of aliphatic carboxylic acids is 1. The van der Waals surface area contributed by atoms with Gasteiger partial charge >= 0.3 is 12.1 Å². The SMILES string of the molecule is COc1cc(/C=C/C(=O)NCCOc2ccccc2)ccc1-n1cnc(C)c1.O=C(O)C(F)(F)F. The molecule has 0 aliphatic heterocycles. The van der Waals surface area contributed by atoms with Crippen molar-refractivity contribution < 1.29 is 37.3 Å². The first-order chi connectivity index (χ1) is 16.6. The summed E-state index contributed by atoms with van der Waals surface area (Å²) in [6.45, 7) is 2.78. The van der Waals surface area contributed by atoms with Crippen LogP contribution in [0.4, 0.5) is 13.2 Å². The van der Waals surface area contributed by atoms with Crippen molar-refractivity contribution in [3.05, 3.63) is 78.4 Å². The Morgan fingerprint density at radius 1 is 1.17 bits per heavy atom. The highest BCUT2D eigenvalue weighted by Crippen LogP contribution is 2.25. The number of carboxylic acid groups (broad SMARTS) is 1. The van der Waals surface area contributed by atoms with Crippen LogP contribution in [0.15, 0.2) is 67.1 Å². The molecule has 0 spiro atoms. The molecule has 1 amide bonds. The third-order valence-electron chi connectivity index (χ3n) is 4.28. The fourth-order valence-corrected chi connectivity index (χ4v) is 2.65. The standard InChI is InChI=1S/C22H23N3O3.C2HF3O2/c1-17-15-25(16-24-17)20-10-8-18(14-21(20)27-2)9-11-22(26)23-12-13-28-19-6-4-3-5-7-19;3-2(4,5)1(6)7/h3-11,14-16H,12-13H2,1-2H3,(H,23,26);(H,6,7)/b11-9+;. The molecule has 35 heavy (non-hydrogen) atoms. The summed E-state index contributed by atoms with van der Waals surface area (Å²) in [6.07, 6.45) is 1.84. The summed E-state index contributed by atoms with van der Waals surface area (Å²) in [5.41, 5.74) is 2.69. The van der Waals surface area contributed by atoms with Crippen LogP contribution in [0.1, 0.15) is 11.3 Å². The maximum Gasteiger partial charge on any atom is 0.490 e. The van der Waals surface area contributed by atoms with Gasteiger partial charge in [-0.1, -0.05) is 24.3 Å². The summed E-state index contributed by atoms with van der Waals surface area (Å²) in [5, 5.41) is 9.92. The molecule has 1 heterocycles. The normalized spacial score (nSPS) is 10.9. The number of nitrogens with one attached hydrogen (secondary N) is 1. The second-order valence-electron chi connectivity index (χ2n) is 6.94. The molecule has 0 aliphatic carbocycles. The van der Waals surface area contributed by atoms with Gasteiger partial charge in [0.05, 0.1) is 31.4 Å². The Morgan fingerprint density at radius 2 is 1.86 bits per heavy atom. The molecule has 3 rings (SSSR count). The van der Waals surface area contributed by atoms with Crippen LogP contribution in [0.3, 0.4) is 0 Å². The summed E-state index contributed by atoms with van der Waals surface area (Å²) < 4.78 is 44.7. The lowest BCUT2D eigenvalue weighted by molar-refractivity contribution is -0.192. The summed E-state index contributed by atoms with van der Waals surface area (Å²) in [6, 6.07) is 15.2. The van der Waals surface area contributed by atoms with E-state index < -0.39 is 12.1 Å². The number of imidazole rings is 1. The number of amides is 1. The van der Waals surface area contributed by atoms with E-state index in [0.29, 0.717) is 18.9 Å². The number of aryl methyl sites for hydroxylation is 1. The van der Waals surface area contributed by atoms with Crippen LogP contribution >= 0.6 is 0 Å². The first-order valence-electron chi connectivity index (χ1n) is 10.2. The minimum absolute atomic E-state index is 0.176. The number of para-hydroxylation sites is 1. The van der Waals surface area contributed by atoms with Gasteiger partial charge in [-0.25, -0.2) is 9.78 Å². The molecule has 1 aromatic heterocycles. The fourth-order valence-electron chi connectivity index (χ4n) is 2.65. The minimum atomic E-state index is -5.08. The van der Waals surface area contributed by atoms with Crippen molar-refractivity contribution in [3.63, 3.8) is 0 Å². The fraction of sp³-hybridized carbons (Fsp3) is 0.208. The van der Waals surface area contributed by atoms with E-state index in [0.717, 1.165) is 22.7 Å². The highest BCUT2D eigenvalue weighted by atomic mass is 19.4. The minimum Gasteiger partial charge on any atom is -0.495 e. The molecule has 0 saturated carbocycles. The molecular weight excluding hydrogens is 467 g/mol. The Balaban J connectivity index is 0.000000540. The number of halogens is 3. The van der Waals surface area contributed by atoms with Crippen LogP contribution in [0.2, 0.25) is 0 Å². The lowest BCUT2D eigenvalue weighted by Gasteiger charge is -2.10. The van der Waals surface area contributed by atoms with E-state index in [9.17, 15) is 18.0 Å². The Morgan fingerprint density at radius 3 is 2.43 bits per heavy atom. The topological polar surface area (TPSA) is 103 Å². The average Bonchev–Trinajstić information content (AvgIpc) is 3.26. The molecule has 0 saturated heterocycles. The summed E-state index contributed by atoms with van der Waals surface area (Å²) >= 11 is 0. The number of benzene rings is 2. The van der Waals surface area contributed by atoms with E-state index >= 15 is 0 Å². The molecule has 0 bridgehead atoms. The summed E-state index contributed by atoms with van der Waals surface area (Å²) in [7, 11) is 1.62. The number of hydrogen-bond acceptors (Lipinski definition) is 5. The first kappa shape index (κ1) is 27.0. The van der Waals surface area contributed by atoms with Crippen LogP contribution in [0.5, 0.6) is 11.5 Å². The zero-order chi connectivity index (χ0) is 25.8. The predicted octanol–water partition coefficient (Wildman–Crippen LogP) is 4.03. The number of methoxy groups -OCH3 is 1. The van der Waals surface area contributed by atoms with Crippen molar-refractivity contribution in [2.24, 2.45) is 0 Å². The van der Waals surface area contributed by atoms with Crippen molar-refractivity contribution in [1.82, 2.24) is 14.9 Å². The Bertz CT molecular complexity index is 1140. The quantitative estimate of drug-likeness (QED) is 0.364. The van der Waals surface area contributed by atoms with E-state index in [1.807, 2.05) is 66.2 Å². The van der Waals surface area contributed by atoms with Gasteiger partial charge in [-0.3, -0.25) is 4.79 Å². The molecule has 0 unspecified atom stereocenters. The monoisotopic (exact) mass is 491 g/mol. The summed E-state index contributed by atoms with van der Waals surface area (Å²) in [4.78, 5) is 25.1. The van der Waals surface area contributed by atoms with E-state index in [4.69, 9.17) is 19.4 Å². The molecule has 0 atom stereocenters. The number of carbonyl (C=O) groups excluding carboxylic acids is 1. The third kappa shape index (κ3) is 9.24. The van der Waals surface area contributed by atoms with Crippen molar-refractivity contribution in [1.29, 1.82) is 0 Å². The number of aromatic nitrogens is 2.